The zero-order chi connectivity index (χ0) is 46.7. The summed E-state index contributed by atoms with van der Waals surface area (Å²) < 4.78 is 32.9. The van der Waals surface area contributed by atoms with E-state index in [1.54, 1.807) is 0 Å². The number of phosphoric acid groups is 1. The highest BCUT2D eigenvalue weighted by molar-refractivity contribution is 7.47. The van der Waals surface area contributed by atoms with Crippen molar-refractivity contribution in [2.75, 3.05) is 26.4 Å². The lowest BCUT2D eigenvalue weighted by molar-refractivity contribution is -0.161. The van der Waals surface area contributed by atoms with Gasteiger partial charge in [-0.3, -0.25) is 18.6 Å². The number of rotatable bonds is 51. The molecule has 0 radical (unpaired) electrons. The Morgan fingerprint density at radius 1 is 0.469 bits per heavy atom. The number of carbonyl (C=O) groups excluding carboxylic acids is 2. The molecule has 376 valence electrons. The van der Waals surface area contributed by atoms with Crippen LogP contribution >= 0.6 is 7.82 Å². The van der Waals surface area contributed by atoms with E-state index < -0.39 is 26.5 Å². The Bertz CT molecular complexity index is 1140. The standard InChI is InChI=1S/C54H102NO8P/c1-3-5-7-9-11-13-15-17-19-21-22-23-24-25-26-27-28-29-30-31-33-35-37-39-41-43-45-47-54(57)63-52(51-62-64(58,59)61-49-48-55)50-60-53(56)46-44-42-40-38-36-34-32-20-18-16-14-12-10-8-6-4-2/h15,17,20-22,32,52H,3-14,16,18-19,23-31,33-51,55H2,1-2H3,(H,58,59)/b17-15-,22-21-,32-20-. The SMILES string of the molecule is CCCCCCC/C=C\C/C=C\CCCCCCCCCCCCCCCCCC(=O)OC(COC(=O)CCCCCCC/C=C\CCCCCCCCC)COP(=O)(O)OCCN. The number of phosphoric ester groups is 1. The summed E-state index contributed by atoms with van der Waals surface area (Å²) in [5, 5.41) is 0. The number of allylic oxidation sites excluding steroid dienone is 6. The number of ether oxygens (including phenoxy) is 2. The van der Waals surface area contributed by atoms with Crippen LogP contribution in [0.5, 0.6) is 0 Å². The van der Waals surface area contributed by atoms with Crippen molar-refractivity contribution in [2.24, 2.45) is 5.73 Å². The second kappa shape index (κ2) is 50.6. The zero-order valence-electron chi connectivity index (χ0n) is 41.8. The topological polar surface area (TPSA) is 134 Å². The predicted molar refractivity (Wildman–Crippen MR) is 270 cm³/mol. The van der Waals surface area contributed by atoms with Crippen molar-refractivity contribution in [3.05, 3.63) is 36.5 Å². The molecule has 0 aromatic carbocycles. The summed E-state index contributed by atoms with van der Waals surface area (Å²) in [5.41, 5.74) is 5.37. The van der Waals surface area contributed by atoms with Gasteiger partial charge in [0.15, 0.2) is 6.10 Å². The Hall–Kier alpha value is -1.77. The molecule has 0 aliphatic rings. The van der Waals surface area contributed by atoms with E-state index in [-0.39, 0.29) is 38.6 Å². The maximum atomic E-state index is 12.7. The van der Waals surface area contributed by atoms with E-state index in [1.807, 2.05) is 0 Å². The van der Waals surface area contributed by atoms with Gasteiger partial charge in [0.1, 0.15) is 6.61 Å². The molecule has 0 amide bonds. The molecule has 0 aliphatic heterocycles. The highest BCUT2D eigenvalue weighted by Crippen LogP contribution is 2.43. The van der Waals surface area contributed by atoms with Crippen LogP contribution in [-0.2, 0) is 32.7 Å². The van der Waals surface area contributed by atoms with Gasteiger partial charge in [-0.15, -0.1) is 0 Å². The van der Waals surface area contributed by atoms with Gasteiger partial charge in [-0.25, -0.2) is 4.57 Å². The lowest BCUT2D eigenvalue weighted by Gasteiger charge is -2.19. The third kappa shape index (κ3) is 49.7. The summed E-state index contributed by atoms with van der Waals surface area (Å²) in [6.07, 6.45) is 59.1. The molecule has 3 N–H and O–H groups in total. The average molecular weight is 924 g/mol. The molecule has 9 nitrogen and oxygen atoms in total. The van der Waals surface area contributed by atoms with Crippen LogP contribution in [0.15, 0.2) is 36.5 Å². The van der Waals surface area contributed by atoms with Gasteiger partial charge in [-0.1, -0.05) is 217 Å². The Kier molecular flexibility index (Phi) is 49.2. The summed E-state index contributed by atoms with van der Waals surface area (Å²) >= 11 is 0. The Morgan fingerprint density at radius 2 is 0.812 bits per heavy atom. The zero-order valence-corrected chi connectivity index (χ0v) is 42.7. The molecule has 0 fully saturated rings. The van der Waals surface area contributed by atoms with Crippen LogP contribution in [-0.4, -0.2) is 49.3 Å². The van der Waals surface area contributed by atoms with Crippen molar-refractivity contribution in [1.82, 2.24) is 0 Å². The summed E-state index contributed by atoms with van der Waals surface area (Å²) in [4.78, 5) is 35.1. The predicted octanol–water partition coefficient (Wildman–Crippen LogP) is 16.5. The summed E-state index contributed by atoms with van der Waals surface area (Å²) in [6.45, 7) is 3.75. The molecule has 0 aromatic rings. The highest BCUT2D eigenvalue weighted by Gasteiger charge is 2.26. The monoisotopic (exact) mass is 924 g/mol. The van der Waals surface area contributed by atoms with Crippen LogP contribution < -0.4 is 5.73 Å². The number of nitrogens with two attached hydrogens (primary N) is 1. The van der Waals surface area contributed by atoms with Gasteiger partial charge in [0.25, 0.3) is 0 Å². The molecule has 0 aromatic heterocycles. The number of hydrogen-bond donors (Lipinski definition) is 2. The van der Waals surface area contributed by atoms with Crippen LogP contribution in [0.1, 0.15) is 264 Å². The lowest BCUT2D eigenvalue weighted by atomic mass is 10.0. The molecular weight excluding hydrogens is 822 g/mol. The Labute approximate surface area is 394 Å². The van der Waals surface area contributed by atoms with E-state index in [1.165, 1.54) is 167 Å². The smallest absolute Gasteiger partial charge is 0.462 e. The number of carbonyl (C=O) groups is 2. The first kappa shape index (κ1) is 62.2. The average Bonchev–Trinajstić information content (AvgIpc) is 3.28. The van der Waals surface area contributed by atoms with Crippen molar-refractivity contribution < 1.29 is 37.6 Å². The van der Waals surface area contributed by atoms with E-state index in [0.717, 1.165) is 64.2 Å². The van der Waals surface area contributed by atoms with Crippen molar-refractivity contribution >= 4 is 19.8 Å². The molecule has 2 atom stereocenters. The van der Waals surface area contributed by atoms with E-state index in [9.17, 15) is 19.0 Å². The molecule has 10 heteroatoms. The van der Waals surface area contributed by atoms with Crippen LogP contribution in [0.3, 0.4) is 0 Å². The molecule has 0 rings (SSSR count). The minimum Gasteiger partial charge on any atom is -0.462 e. The summed E-state index contributed by atoms with van der Waals surface area (Å²) in [5.74, 6) is -0.828. The normalized spacial score (nSPS) is 13.4. The minimum absolute atomic E-state index is 0.0531. The summed E-state index contributed by atoms with van der Waals surface area (Å²) in [6, 6.07) is 0. The Balaban J connectivity index is 3.97. The van der Waals surface area contributed by atoms with Gasteiger partial charge in [-0.05, 0) is 70.6 Å². The van der Waals surface area contributed by atoms with Crippen molar-refractivity contribution in [3.8, 4) is 0 Å². The maximum absolute atomic E-state index is 12.7. The van der Waals surface area contributed by atoms with Crippen molar-refractivity contribution in [2.45, 2.75) is 270 Å². The first-order valence-corrected chi connectivity index (χ1v) is 28.5. The van der Waals surface area contributed by atoms with Crippen LogP contribution in [0.2, 0.25) is 0 Å². The Morgan fingerprint density at radius 3 is 1.20 bits per heavy atom. The second-order valence-electron chi connectivity index (χ2n) is 18.1. The quantitative estimate of drug-likeness (QED) is 0.0265. The van der Waals surface area contributed by atoms with Crippen molar-refractivity contribution in [1.29, 1.82) is 0 Å². The van der Waals surface area contributed by atoms with Crippen molar-refractivity contribution in [3.63, 3.8) is 0 Å². The number of unbranched alkanes of at least 4 members (excludes halogenated alkanes) is 32. The number of hydrogen-bond acceptors (Lipinski definition) is 8. The molecule has 0 spiro atoms. The second-order valence-corrected chi connectivity index (χ2v) is 19.5. The first-order chi connectivity index (χ1) is 31.3. The van der Waals surface area contributed by atoms with E-state index >= 15 is 0 Å². The molecule has 0 bridgehead atoms. The highest BCUT2D eigenvalue weighted by atomic mass is 31.2. The molecule has 2 unspecified atom stereocenters. The van der Waals surface area contributed by atoms with Crippen LogP contribution in [0, 0.1) is 0 Å². The van der Waals surface area contributed by atoms with Gasteiger partial charge in [-0.2, -0.15) is 0 Å². The van der Waals surface area contributed by atoms with Gasteiger partial charge >= 0.3 is 19.8 Å². The van der Waals surface area contributed by atoms with Gasteiger partial charge in [0, 0.05) is 19.4 Å². The third-order valence-electron chi connectivity index (χ3n) is 11.7. The molecule has 64 heavy (non-hydrogen) atoms. The number of esters is 2. The first-order valence-electron chi connectivity index (χ1n) is 27.0. The molecule has 0 saturated heterocycles. The molecular formula is C54H102NO8P. The third-order valence-corrected chi connectivity index (χ3v) is 12.7. The van der Waals surface area contributed by atoms with Crippen LogP contribution in [0.4, 0.5) is 0 Å². The lowest BCUT2D eigenvalue weighted by Crippen LogP contribution is -2.29. The fraction of sp³-hybridized carbons (Fsp3) is 0.852. The van der Waals surface area contributed by atoms with Gasteiger partial charge in [0.2, 0.25) is 0 Å². The maximum Gasteiger partial charge on any atom is 0.472 e. The van der Waals surface area contributed by atoms with Gasteiger partial charge < -0.3 is 20.1 Å². The molecule has 0 heterocycles. The summed E-state index contributed by atoms with van der Waals surface area (Å²) in [7, 11) is -4.38. The fourth-order valence-electron chi connectivity index (χ4n) is 7.72. The minimum atomic E-state index is -4.38. The van der Waals surface area contributed by atoms with E-state index in [2.05, 4.69) is 50.3 Å². The van der Waals surface area contributed by atoms with E-state index in [4.69, 9.17) is 24.3 Å². The van der Waals surface area contributed by atoms with Crippen LogP contribution in [0.25, 0.3) is 0 Å². The molecule has 0 aliphatic carbocycles. The molecule has 0 saturated carbocycles. The largest absolute Gasteiger partial charge is 0.472 e. The van der Waals surface area contributed by atoms with Gasteiger partial charge in [0.05, 0.1) is 13.2 Å². The van der Waals surface area contributed by atoms with E-state index in [0.29, 0.717) is 6.42 Å². The fourth-order valence-corrected chi connectivity index (χ4v) is 8.49.